The van der Waals surface area contributed by atoms with E-state index in [4.69, 9.17) is 16.3 Å². The molecule has 3 N–H and O–H groups in total. The number of halogens is 1. The maximum absolute atomic E-state index is 12.8. The van der Waals surface area contributed by atoms with Crippen LogP contribution in [0.5, 0.6) is 0 Å². The molecule has 0 unspecified atom stereocenters. The van der Waals surface area contributed by atoms with Gasteiger partial charge in [-0.05, 0) is 42.8 Å². The Kier molecular flexibility index (Phi) is 6.42. The summed E-state index contributed by atoms with van der Waals surface area (Å²) in [6, 6.07) is 21.9. The zero-order chi connectivity index (χ0) is 22.5. The van der Waals surface area contributed by atoms with Gasteiger partial charge in [0.05, 0.1) is 24.4 Å². The van der Waals surface area contributed by atoms with Crippen molar-refractivity contribution >= 4 is 45.9 Å². The van der Waals surface area contributed by atoms with Gasteiger partial charge < -0.3 is 20.4 Å². The predicted octanol–water partition coefficient (Wildman–Crippen LogP) is 6.24. The number of para-hydroxylation sites is 1. The van der Waals surface area contributed by atoms with Crippen LogP contribution in [0.25, 0.3) is 22.2 Å². The lowest BCUT2D eigenvalue weighted by Gasteiger charge is -2.10. The van der Waals surface area contributed by atoms with E-state index in [0.29, 0.717) is 23.0 Å². The smallest absolute Gasteiger partial charge is 0.323 e. The van der Waals surface area contributed by atoms with E-state index in [1.54, 1.807) is 31.2 Å². The lowest BCUT2D eigenvalue weighted by molar-refractivity contribution is -0.142. The van der Waals surface area contributed by atoms with Gasteiger partial charge >= 0.3 is 12.0 Å². The molecular weight excluding hydrogens is 426 g/mol. The number of carbonyl (C=O) groups is 2. The predicted molar refractivity (Wildman–Crippen MR) is 128 cm³/mol. The Labute approximate surface area is 190 Å². The van der Waals surface area contributed by atoms with Gasteiger partial charge in [-0.2, -0.15) is 0 Å². The number of fused-ring (bicyclic) bond motifs is 1. The Bertz CT molecular complexity index is 1250. The maximum Gasteiger partial charge on any atom is 0.323 e. The summed E-state index contributed by atoms with van der Waals surface area (Å²) < 4.78 is 4.96. The minimum Gasteiger partial charge on any atom is -0.466 e. The summed E-state index contributed by atoms with van der Waals surface area (Å²) in [6.07, 6.45) is 0.195. The summed E-state index contributed by atoms with van der Waals surface area (Å²) in [7, 11) is 0. The fraction of sp³-hybridized carbons (Fsp3) is 0.120. The van der Waals surface area contributed by atoms with Gasteiger partial charge in [0.25, 0.3) is 0 Å². The molecule has 0 aliphatic rings. The molecule has 0 atom stereocenters. The molecule has 32 heavy (non-hydrogen) atoms. The first-order valence-electron chi connectivity index (χ1n) is 10.2. The van der Waals surface area contributed by atoms with Crippen LogP contribution in [0.2, 0.25) is 5.02 Å². The molecule has 0 aliphatic heterocycles. The number of rotatable bonds is 6. The van der Waals surface area contributed by atoms with Gasteiger partial charge in [-0.15, -0.1) is 0 Å². The van der Waals surface area contributed by atoms with Gasteiger partial charge in [-0.1, -0.05) is 54.1 Å². The molecule has 1 heterocycles. The van der Waals surface area contributed by atoms with Crippen molar-refractivity contribution in [1.29, 1.82) is 0 Å². The molecule has 2 amide bonds. The van der Waals surface area contributed by atoms with E-state index in [9.17, 15) is 9.59 Å². The van der Waals surface area contributed by atoms with Gasteiger partial charge in [0.15, 0.2) is 0 Å². The number of benzene rings is 3. The van der Waals surface area contributed by atoms with E-state index in [1.807, 2.05) is 48.5 Å². The Morgan fingerprint density at radius 3 is 2.38 bits per heavy atom. The van der Waals surface area contributed by atoms with Crippen molar-refractivity contribution in [2.24, 2.45) is 0 Å². The highest BCUT2D eigenvalue weighted by Gasteiger charge is 2.16. The molecule has 1 aromatic heterocycles. The molecule has 0 spiro atoms. The van der Waals surface area contributed by atoms with E-state index in [-0.39, 0.29) is 18.4 Å². The first-order valence-corrected chi connectivity index (χ1v) is 10.6. The number of hydrogen-bond donors (Lipinski definition) is 3. The highest BCUT2D eigenvalue weighted by atomic mass is 35.5. The highest BCUT2D eigenvalue weighted by Crippen LogP contribution is 2.35. The number of aromatic nitrogens is 1. The van der Waals surface area contributed by atoms with Crippen LogP contribution < -0.4 is 10.6 Å². The molecule has 7 heteroatoms. The topological polar surface area (TPSA) is 83.2 Å². The third-order valence-corrected chi connectivity index (χ3v) is 5.20. The van der Waals surface area contributed by atoms with E-state index < -0.39 is 0 Å². The van der Waals surface area contributed by atoms with Crippen LogP contribution in [0, 0.1) is 0 Å². The van der Waals surface area contributed by atoms with Crippen LogP contribution in [0.3, 0.4) is 0 Å². The molecule has 0 saturated carbocycles. The molecule has 162 valence electrons. The molecule has 6 nitrogen and oxygen atoms in total. The molecule has 4 aromatic rings. The third-order valence-electron chi connectivity index (χ3n) is 4.94. The molecule has 0 aliphatic carbocycles. The highest BCUT2D eigenvalue weighted by molar-refractivity contribution is 6.30. The lowest BCUT2D eigenvalue weighted by atomic mass is 10.1. The SMILES string of the molecule is CCOC(=O)Cc1ccc(NC(=O)Nc2c(-c3ccc(Cl)cc3)[nH]c3ccccc23)cc1. The quantitative estimate of drug-likeness (QED) is 0.306. The second-order valence-corrected chi connectivity index (χ2v) is 7.62. The summed E-state index contributed by atoms with van der Waals surface area (Å²) in [6.45, 7) is 2.13. The molecule has 0 bridgehead atoms. The first kappa shape index (κ1) is 21.5. The van der Waals surface area contributed by atoms with E-state index in [0.717, 1.165) is 27.7 Å². The van der Waals surface area contributed by atoms with Crippen molar-refractivity contribution in [3.8, 4) is 11.3 Å². The zero-order valence-electron chi connectivity index (χ0n) is 17.4. The number of aromatic amines is 1. The fourth-order valence-corrected chi connectivity index (χ4v) is 3.59. The van der Waals surface area contributed by atoms with Gasteiger partial charge in [0.2, 0.25) is 0 Å². The number of amides is 2. The van der Waals surface area contributed by atoms with Crippen molar-refractivity contribution < 1.29 is 14.3 Å². The second kappa shape index (κ2) is 9.58. The van der Waals surface area contributed by atoms with Gasteiger partial charge in [-0.25, -0.2) is 4.79 Å². The summed E-state index contributed by atoms with van der Waals surface area (Å²) in [5.41, 5.74) is 4.72. The molecule has 3 aromatic carbocycles. The van der Waals surface area contributed by atoms with E-state index in [2.05, 4.69) is 15.6 Å². The monoisotopic (exact) mass is 447 g/mol. The number of nitrogens with one attached hydrogen (secondary N) is 3. The van der Waals surface area contributed by atoms with Crippen molar-refractivity contribution in [3.63, 3.8) is 0 Å². The molecule has 0 saturated heterocycles. The maximum atomic E-state index is 12.8. The van der Waals surface area contributed by atoms with Crippen molar-refractivity contribution in [2.75, 3.05) is 17.2 Å². The summed E-state index contributed by atoms with van der Waals surface area (Å²) >= 11 is 6.03. The number of H-pyrrole nitrogens is 1. The number of carbonyl (C=O) groups excluding carboxylic acids is 2. The number of urea groups is 1. The Balaban J connectivity index is 1.53. The van der Waals surface area contributed by atoms with Crippen LogP contribution in [0.15, 0.2) is 72.8 Å². The summed E-state index contributed by atoms with van der Waals surface area (Å²) in [5.74, 6) is -0.278. The molecule has 4 rings (SSSR count). The largest absolute Gasteiger partial charge is 0.466 e. The third kappa shape index (κ3) is 4.92. The normalized spacial score (nSPS) is 10.7. The standard InChI is InChI=1S/C25H22ClN3O3/c1-2-32-22(30)15-16-7-13-19(14-8-16)27-25(31)29-24-20-5-3-4-6-21(20)28-23(24)17-9-11-18(26)12-10-17/h3-14,28H,2,15H2,1H3,(H2,27,29,31). The van der Waals surface area contributed by atoms with Gasteiger partial charge in [0.1, 0.15) is 0 Å². The second-order valence-electron chi connectivity index (χ2n) is 7.19. The van der Waals surface area contributed by atoms with Crippen molar-refractivity contribution in [2.45, 2.75) is 13.3 Å². The first-order chi connectivity index (χ1) is 15.5. The summed E-state index contributed by atoms with van der Waals surface area (Å²) in [5, 5.41) is 7.35. The average Bonchev–Trinajstić information content (AvgIpc) is 3.14. The van der Waals surface area contributed by atoms with Crippen molar-refractivity contribution in [1.82, 2.24) is 4.98 Å². The lowest BCUT2D eigenvalue weighted by Crippen LogP contribution is -2.19. The van der Waals surface area contributed by atoms with Crippen LogP contribution >= 0.6 is 11.6 Å². The fourth-order valence-electron chi connectivity index (χ4n) is 3.47. The summed E-state index contributed by atoms with van der Waals surface area (Å²) in [4.78, 5) is 27.8. The number of esters is 1. The van der Waals surface area contributed by atoms with E-state index in [1.165, 1.54) is 0 Å². The number of ether oxygens (including phenoxy) is 1. The minimum atomic E-state index is -0.372. The van der Waals surface area contributed by atoms with Crippen molar-refractivity contribution in [3.05, 3.63) is 83.4 Å². The van der Waals surface area contributed by atoms with E-state index >= 15 is 0 Å². The number of anilines is 2. The van der Waals surface area contributed by atoms with Gasteiger partial charge in [0, 0.05) is 27.2 Å². The minimum absolute atomic E-state index is 0.195. The van der Waals surface area contributed by atoms with Crippen LogP contribution in [0.1, 0.15) is 12.5 Å². The Morgan fingerprint density at radius 2 is 1.66 bits per heavy atom. The van der Waals surface area contributed by atoms with Crippen LogP contribution in [-0.4, -0.2) is 23.6 Å². The molecule has 0 radical (unpaired) electrons. The zero-order valence-corrected chi connectivity index (χ0v) is 18.2. The van der Waals surface area contributed by atoms with Crippen LogP contribution in [0.4, 0.5) is 16.2 Å². The Hall–Kier alpha value is -3.77. The molecular formula is C25H22ClN3O3. The number of hydrogen-bond acceptors (Lipinski definition) is 3. The van der Waals surface area contributed by atoms with Crippen LogP contribution in [-0.2, 0) is 16.0 Å². The molecule has 0 fully saturated rings. The van der Waals surface area contributed by atoms with Gasteiger partial charge in [-0.3, -0.25) is 4.79 Å². The Morgan fingerprint density at radius 1 is 0.938 bits per heavy atom. The average molecular weight is 448 g/mol.